The van der Waals surface area contributed by atoms with Crippen molar-refractivity contribution in [2.24, 2.45) is 0 Å². The molecule has 0 fully saturated rings. The molecule has 0 spiro atoms. The number of methoxy groups -OCH3 is 1. The number of hydrogen-bond donors (Lipinski definition) is 2. The van der Waals surface area contributed by atoms with Crippen molar-refractivity contribution in [3.8, 4) is 5.75 Å². The molecule has 0 aliphatic rings. The highest BCUT2D eigenvalue weighted by atomic mass is 16.5. The van der Waals surface area contributed by atoms with E-state index >= 15 is 0 Å². The summed E-state index contributed by atoms with van der Waals surface area (Å²) in [4.78, 5) is 14.4. The van der Waals surface area contributed by atoms with E-state index in [1.54, 1.807) is 13.3 Å². The van der Waals surface area contributed by atoms with Gasteiger partial charge >= 0.3 is 6.03 Å². The fourth-order valence-electron chi connectivity index (χ4n) is 2.69. The lowest BCUT2D eigenvalue weighted by atomic mass is 10.1. The molecule has 0 aliphatic carbocycles. The van der Waals surface area contributed by atoms with Crippen molar-refractivity contribution in [2.75, 3.05) is 30.4 Å². The average molecular weight is 353 g/mol. The quantitative estimate of drug-likeness (QED) is 0.762. The van der Waals surface area contributed by atoms with Crippen LogP contribution in [0.25, 0.3) is 6.08 Å². The third kappa shape index (κ3) is 5.28. The lowest BCUT2D eigenvalue weighted by Gasteiger charge is -2.22. The van der Waals surface area contributed by atoms with Crippen LogP contribution in [0.4, 0.5) is 16.2 Å². The number of nitrogens with zero attached hydrogens (tertiary/aromatic N) is 1. The van der Waals surface area contributed by atoms with E-state index in [1.807, 2.05) is 49.4 Å². The van der Waals surface area contributed by atoms with Gasteiger partial charge in [-0.3, -0.25) is 0 Å². The van der Waals surface area contributed by atoms with Crippen molar-refractivity contribution < 1.29 is 9.53 Å². The average Bonchev–Trinajstić information content (AvgIpc) is 2.65. The first-order chi connectivity index (χ1) is 12.6. The van der Waals surface area contributed by atoms with E-state index in [2.05, 4.69) is 35.4 Å². The van der Waals surface area contributed by atoms with Crippen LogP contribution in [0.1, 0.15) is 25.0 Å². The molecule has 138 valence electrons. The topological polar surface area (TPSA) is 53.6 Å². The van der Waals surface area contributed by atoms with E-state index in [0.29, 0.717) is 0 Å². The van der Waals surface area contributed by atoms with Crippen LogP contribution < -0.4 is 20.3 Å². The smallest absolute Gasteiger partial charge is 0.323 e. The summed E-state index contributed by atoms with van der Waals surface area (Å²) >= 11 is 0. The molecular formula is C21H27N3O2. The lowest BCUT2D eigenvalue weighted by Crippen LogP contribution is -2.25. The van der Waals surface area contributed by atoms with Crippen LogP contribution in [0.5, 0.6) is 5.75 Å². The fraction of sp³-hybridized carbons (Fsp3) is 0.286. The van der Waals surface area contributed by atoms with E-state index in [0.717, 1.165) is 41.3 Å². The van der Waals surface area contributed by atoms with Gasteiger partial charge in [-0.25, -0.2) is 4.79 Å². The number of carbonyl (C=O) groups excluding carboxylic acids is 1. The molecule has 0 aromatic heterocycles. The minimum absolute atomic E-state index is 0.275. The summed E-state index contributed by atoms with van der Waals surface area (Å²) in [6, 6.07) is 13.4. The van der Waals surface area contributed by atoms with Gasteiger partial charge < -0.3 is 20.3 Å². The normalized spacial score (nSPS) is 10.6. The second kappa shape index (κ2) is 9.51. The second-order valence-corrected chi connectivity index (χ2v) is 5.88. The maximum Gasteiger partial charge on any atom is 0.323 e. The number of hydrogen-bond acceptors (Lipinski definition) is 3. The highest BCUT2D eigenvalue weighted by molar-refractivity contribution is 5.91. The molecule has 5 heteroatoms. The SMILES string of the molecule is CCN(CC)c1ccc(NC(=O)N/C=C/c2cccc(OC)c2)c(C)c1. The number of urea groups is 1. The number of rotatable bonds is 7. The van der Waals surface area contributed by atoms with Gasteiger partial charge in [0, 0.05) is 30.7 Å². The van der Waals surface area contributed by atoms with Gasteiger partial charge in [-0.05, 0) is 68.3 Å². The predicted molar refractivity (Wildman–Crippen MR) is 109 cm³/mol. The van der Waals surface area contributed by atoms with Gasteiger partial charge in [-0.1, -0.05) is 12.1 Å². The summed E-state index contributed by atoms with van der Waals surface area (Å²) in [6.45, 7) is 8.17. The van der Waals surface area contributed by atoms with Gasteiger partial charge in [-0.2, -0.15) is 0 Å². The predicted octanol–water partition coefficient (Wildman–Crippen LogP) is 4.64. The summed E-state index contributed by atoms with van der Waals surface area (Å²) in [5, 5.41) is 5.60. The molecule has 0 aliphatic heterocycles. The molecular weight excluding hydrogens is 326 g/mol. The van der Waals surface area contributed by atoms with Crippen molar-refractivity contribution in [2.45, 2.75) is 20.8 Å². The first-order valence-corrected chi connectivity index (χ1v) is 8.81. The zero-order valence-electron chi connectivity index (χ0n) is 15.9. The number of amides is 2. The molecule has 0 saturated carbocycles. The zero-order valence-corrected chi connectivity index (χ0v) is 15.9. The third-order valence-electron chi connectivity index (χ3n) is 4.17. The lowest BCUT2D eigenvalue weighted by molar-refractivity contribution is 0.255. The van der Waals surface area contributed by atoms with Gasteiger partial charge in [0.25, 0.3) is 0 Å². The largest absolute Gasteiger partial charge is 0.497 e. The van der Waals surface area contributed by atoms with Crippen molar-refractivity contribution in [3.05, 3.63) is 59.8 Å². The molecule has 2 N–H and O–H groups in total. The summed E-state index contributed by atoms with van der Waals surface area (Å²) in [5.41, 5.74) is 3.94. The summed E-state index contributed by atoms with van der Waals surface area (Å²) in [6.07, 6.45) is 3.43. The minimum Gasteiger partial charge on any atom is -0.497 e. The Morgan fingerprint density at radius 2 is 1.92 bits per heavy atom. The number of nitrogens with one attached hydrogen (secondary N) is 2. The Kier molecular flexibility index (Phi) is 7.09. The Hall–Kier alpha value is -2.95. The molecule has 0 heterocycles. The number of carbonyl (C=O) groups is 1. The molecule has 26 heavy (non-hydrogen) atoms. The molecule has 0 unspecified atom stereocenters. The third-order valence-corrected chi connectivity index (χ3v) is 4.17. The van der Waals surface area contributed by atoms with Crippen LogP contribution in [-0.4, -0.2) is 26.2 Å². The van der Waals surface area contributed by atoms with E-state index in [1.165, 1.54) is 0 Å². The van der Waals surface area contributed by atoms with E-state index in [9.17, 15) is 4.79 Å². The minimum atomic E-state index is -0.275. The van der Waals surface area contributed by atoms with Crippen LogP contribution in [0.3, 0.4) is 0 Å². The first kappa shape index (κ1) is 19.4. The van der Waals surface area contributed by atoms with E-state index in [4.69, 9.17) is 4.74 Å². The van der Waals surface area contributed by atoms with Crippen LogP contribution in [0, 0.1) is 6.92 Å². The Bertz CT molecular complexity index is 768. The number of benzene rings is 2. The first-order valence-electron chi connectivity index (χ1n) is 8.81. The maximum absolute atomic E-state index is 12.1. The molecule has 2 aromatic carbocycles. The van der Waals surface area contributed by atoms with Crippen molar-refractivity contribution in [1.29, 1.82) is 0 Å². The standard InChI is InChI=1S/C21H27N3O2/c1-5-24(6-2)18-10-11-20(16(3)14-18)23-21(25)22-13-12-17-8-7-9-19(15-17)26-4/h7-15H,5-6H2,1-4H3,(H2,22,23,25)/b13-12+. The second-order valence-electron chi connectivity index (χ2n) is 5.88. The van der Waals surface area contributed by atoms with Crippen molar-refractivity contribution in [1.82, 2.24) is 5.32 Å². The fourth-order valence-corrected chi connectivity index (χ4v) is 2.69. The van der Waals surface area contributed by atoms with Crippen LogP contribution in [0.15, 0.2) is 48.7 Å². The number of aryl methyl sites for hydroxylation is 1. The Labute approximate surface area is 155 Å². The molecule has 0 bridgehead atoms. The molecule has 2 aromatic rings. The van der Waals surface area contributed by atoms with Crippen LogP contribution >= 0.6 is 0 Å². The Balaban J connectivity index is 1.96. The van der Waals surface area contributed by atoms with Gasteiger partial charge in [0.1, 0.15) is 5.75 Å². The van der Waals surface area contributed by atoms with Gasteiger partial charge in [0.2, 0.25) is 0 Å². The Morgan fingerprint density at radius 1 is 1.15 bits per heavy atom. The summed E-state index contributed by atoms with van der Waals surface area (Å²) in [7, 11) is 1.63. The number of anilines is 2. The monoisotopic (exact) mass is 353 g/mol. The molecule has 2 amide bonds. The van der Waals surface area contributed by atoms with E-state index in [-0.39, 0.29) is 6.03 Å². The van der Waals surface area contributed by atoms with Crippen molar-refractivity contribution in [3.63, 3.8) is 0 Å². The van der Waals surface area contributed by atoms with Gasteiger partial charge in [-0.15, -0.1) is 0 Å². The molecule has 0 atom stereocenters. The highest BCUT2D eigenvalue weighted by Gasteiger charge is 2.07. The van der Waals surface area contributed by atoms with E-state index < -0.39 is 0 Å². The molecule has 0 saturated heterocycles. The maximum atomic E-state index is 12.1. The van der Waals surface area contributed by atoms with Crippen LogP contribution in [-0.2, 0) is 0 Å². The summed E-state index contributed by atoms with van der Waals surface area (Å²) < 4.78 is 5.18. The molecule has 0 radical (unpaired) electrons. The molecule has 2 rings (SSSR count). The highest BCUT2D eigenvalue weighted by Crippen LogP contribution is 2.22. The zero-order chi connectivity index (χ0) is 18.9. The van der Waals surface area contributed by atoms with Crippen LogP contribution in [0.2, 0.25) is 0 Å². The Morgan fingerprint density at radius 3 is 2.58 bits per heavy atom. The van der Waals surface area contributed by atoms with Crippen molar-refractivity contribution >= 4 is 23.5 Å². The summed E-state index contributed by atoms with van der Waals surface area (Å²) in [5.74, 6) is 0.778. The molecule has 5 nitrogen and oxygen atoms in total. The van der Waals surface area contributed by atoms with Gasteiger partial charge in [0.05, 0.1) is 7.11 Å². The number of ether oxygens (including phenoxy) is 1. The van der Waals surface area contributed by atoms with Gasteiger partial charge in [0.15, 0.2) is 0 Å².